The molecule has 0 saturated heterocycles. The smallest absolute Gasteiger partial charge is 0.233 e. The predicted octanol–water partition coefficient (Wildman–Crippen LogP) is 2.78. The standard InChI is InChI=1S/C16H25N3O.2ClH/c1-12(2)15(14-4-3-7-17-9-14)10-19-16(20)11-18-8-13-5-6-13;;/h3-4,7,9,12-13,15,18H,5-6,8,10-11H2,1-2H3,(H,19,20);2*1H. The number of nitrogens with one attached hydrogen (secondary N) is 2. The average Bonchev–Trinajstić information content (AvgIpc) is 3.24. The van der Waals surface area contributed by atoms with Gasteiger partial charge in [0.15, 0.2) is 0 Å². The van der Waals surface area contributed by atoms with Crippen molar-refractivity contribution in [3.8, 4) is 0 Å². The van der Waals surface area contributed by atoms with E-state index in [1.54, 1.807) is 6.20 Å². The summed E-state index contributed by atoms with van der Waals surface area (Å²) in [5.74, 6) is 1.68. The third kappa shape index (κ3) is 7.43. The van der Waals surface area contributed by atoms with Crippen molar-refractivity contribution in [2.24, 2.45) is 11.8 Å². The number of hydrogen-bond donors (Lipinski definition) is 2. The topological polar surface area (TPSA) is 54.0 Å². The molecule has 0 aromatic carbocycles. The van der Waals surface area contributed by atoms with Crippen LogP contribution < -0.4 is 10.6 Å². The maximum absolute atomic E-state index is 11.8. The fourth-order valence-electron chi connectivity index (χ4n) is 2.33. The van der Waals surface area contributed by atoms with Gasteiger partial charge < -0.3 is 10.6 Å². The second-order valence-corrected chi connectivity index (χ2v) is 6.02. The highest BCUT2D eigenvalue weighted by atomic mass is 35.5. The Bertz CT molecular complexity index is 425. The molecule has 1 atom stereocenters. The lowest BCUT2D eigenvalue weighted by Crippen LogP contribution is -2.37. The molecule has 1 aliphatic carbocycles. The number of pyridine rings is 1. The van der Waals surface area contributed by atoms with Crippen molar-refractivity contribution in [1.82, 2.24) is 15.6 Å². The number of carbonyl (C=O) groups excluding carboxylic acids is 1. The van der Waals surface area contributed by atoms with Crippen LogP contribution in [0, 0.1) is 11.8 Å². The van der Waals surface area contributed by atoms with Crippen LogP contribution in [0.1, 0.15) is 38.2 Å². The maximum Gasteiger partial charge on any atom is 0.233 e. The second kappa shape index (κ2) is 10.8. The molecule has 1 amide bonds. The van der Waals surface area contributed by atoms with Crippen molar-refractivity contribution in [2.45, 2.75) is 32.6 Å². The van der Waals surface area contributed by atoms with Crippen LogP contribution in [0.15, 0.2) is 24.5 Å². The monoisotopic (exact) mass is 347 g/mol. The van der Waals surface area contributed by atoms with Crippen molar-refractivity contribution in [1.29, 1.82) is 0 Å². The lowest BCUT2D eigenvalue weighted by atomic mass is 9.89. The number of aromatic nitrogens is 1. The fraction of sp³-hybridized carbons (Fsp3) is 0.625. The molecule has 1 aromatic heterocycles. The minimum atomic E-state index is 0. The summed E-state index contributed by atoms with van der Waals surface area (Å²) in [6, 6.07) is 4.03. The first-order valence-corrected chi connectivity index (χ1v) is 7.54. The molecule has 0 bridgehead atoms. The summed E-state index contributed by atoms with van der Waals surface area (Å²) < 4.78 is 0. The zero-order chi connectivity index (χ0) is 14.4. The van der Waals surface area contributed by atoms with E-state index >= 15 is 0 Å². The van der Waals surface area contributed by atoms with E-state index in [-0.39, 0.29) is 30.7 Å². The summed E-state index contributed by atoms with van der Waals surface area (Å²) in [4.78, 5) is 16.0. The predicted molar refractivity (Wildman–Crippen MR) is 94.9 cm³/mol. The summed E-state index contributed by atoms with van der Waals surface area (Å²) in [6.07, 6.45) is 6.29. The SMILES string of the molecule is CC(C)C(CNC(=O)CNCC1CC1)c1cccnc1.Cl.Cl. The highest BCUT2D eigenvalue weighted by Crippen LogP contribution is 2.27. The average molecular weight is 348 g/mol. The molecule has 126 valence electrons. The Labute approximate surface area is 145 Å². The zero-order valence-electron chi connectivity index (χ0n) is 13.2. The van der Waals surface area contributed by atoms with Gasteiger partial charge in [0.25, 0.3) is 0 Å². The molecule has 2 rings (SSSR count). The lowest BCUT2D eigenvalue weighted by Gasteiger charge is -2.21. The molecule has 22 heavy (non-hydrogen) atoms. The molecule has 1 heterocycles. The first-order chi connectivity index (χ1) is 9.66. The minimum Gasteiger partial charge on any atom is -0.354 e. The summed E-state index contributed by atoms with van der Waals surface area (Å²) in [5.41, 5.74) is 1.19. The molecule has 1 unspecified atom stereocenters. The van der Waals surface area contributed by atoms with E-state index in [1.807, 2.05) is 12.3 Å². The van der Waals surface area contributed by atoms with Gasteiger partial charge in [0.05, 0.1) is 6.54 Å². The van der Waals surface area contributed by atoms with Crippen molar-refractivity contribution in [3.05, 3.63) is 30.1 Å². The molecule has 1 aromatic rings. The van der Waals surface area contributed by atoms with Gasteiger partial charge in [-0.2, -0.15) is 0 Å². The normalized spacial score (nSPS) is 14.7. The molecule has 0 radical (unpaired) electrons. The first kappa shape index (κ1) is 21.2. The van der Waals surface area contributed by atoms with Crippen molar-refractivity contribution in [3.63, 3.8) is 0 Å². The van der Waals surface area contributed by atoms with Crippen LogP contribution >= 0.6 is 24.8 Å². The van der Waals surface area contributed by atoms with Gasteiger partial charge >= 0.3 is 0 Å². The Kier molecular flexibility index (Phi) is 10.4. The summed E-state index contributed by atoms with van der Waals surface area (Å²) >= 11 is 0. The van der Waals surface area contributed by atoms with E-state index in [1.165, 1.54) is 18.4 Å². The molecule has 1 aliphatic rings. The Morgan fingerprint density at radius 2 is 2.09 bits per heavy atom. The number of nitrogens with zero attached hydrogens (tertiary/aromatic N) is 1. The molecule has 2 N–H and O–H groups in total. The van der Waals surface area contributed by atoms with Crippen molar-refractivity contribution in [2.75, 3.05) is 19.6 Å². The highest BCUT2D eigenvalue weighted by Gasteiger charge is 2.21. The first-order valence-electron chi connectivity index (χ1n) is 7.54. The fourth-order valence-corrected chi connectivity index (χ4v) is 2.33. The van der Waals surface area contributed by atoms with Crippen LogP contribution in [0.2, 0.25) is 0 Å². The van der Waals surface area contributed by atoms with Gasteiger partial charge in [0.2, 0.25) is 5.91 Å². The largest absolute Gasteiger partial charge is 0.354 e. The zero-order valence-corrected chi connectivity index (χ0v) is 14.9. The molecular weight excluding hydrogens is 321 g/mol. The number of hydrogen-bond acceptors (Lipinski definition) is 3. The van der Waals surface area contributed by atoms with Gasteiger partial charge in [-0.15, -0.1) is 24.8 Å². The van der Waals surface area contributed by atoms with Crippen LogP contribution in [0.4, 0.5) is 0 Å². The van der Waals surface area contributed by atoms with Gasteiger partial charge in [-0.25, -0.2) is 0 Å². The van der Waals surface area contributed by atoms with Gasteiger partial charge in [0.1, 0.15) is 0 Å². The van der Waals surface area contributed by atoms with Crippen LogP contribution in [0.25, 0.3) is 0 Å². The van der Waals surface area contributed by atoms with E-state index in [4.69, 9.17) is 0 Å². The van der Waals surface area contributed by atoms with Crippen LogP contribution in [-0.2, 0) is 4.79 Å². The molecular formula is C16H27Cl2N3O. The van der Waals surface area contributed by atoms with Gasteiger partial charge in [-0.05, 0) is 42.9 Å². The van der Waals surface area contributed by atoms with Crippen LogP contribution in [0.5, 0.6) is 0 Å². The summed E-state index contributed by atoms with van der Waals surface area (Å²) in [7, 11) is 0. The number of carbonyl (C=O) groups is 1. The highest BCUT2D eigenvalue weighted by molar-refractivity contribution is 5.85. The molecule has 1 saturated carbocycles. The molecule has 6 heteroatoms. The van der Waals surface area contributed by atoms with E-state index in [0.29, 0.717) is 24.9 Å². The maximum atomic E-state index is 11.8. The summed E-state index contributed by atoms with van der Waals surface area (Å²) in [6.45, 7) is 6.43. The number of amides is 1. The molecule has 1 fully saturated rings. The van der Waals surface area contributed by atoms with E-state index < -0.39 is 0 Å². The van der Waals surface area contributed by atoms with Crippen LogP contribution in [0.3, 0.4) is 0 Å². The third-order valence-electron chi connectivity index (χ3n) is 3.85. The Morgan fingerprint density at radius 3 is 2.64 bits per heavy atom. The van der Waals surface area contributed by atoms with Crippen molar-refractivity contribution >= 4 is 30.7 Å². The molecule has 0 spiro atoms. The quantitative estimate of drug-likeness (QED) is 0.760. The Morgan fingerprint density at radius 1 is 1.36 bits per heavy atom. The van der Waals surface area contributed by atoms with Gasteiger partial charge in [-0.1, -0.05) is 19.9 Å². The third-order valence-corrected chi connectivity index (χ3v) is 3.85. The van der Waals surface area contributed by atoms with E-state index in [2.05, 4.69) is 35.5 Å². The van der Waals surface area contributed by atoms with Gasteiger partial charge in [-0.3, -0.25) is 9.78 Å². The Balaban J connectivity index is 0.00000220. The molecule has 0 aliphatic heterocycles. The Hall–Kier alpha value is -0.840. The van der Waals surface area contributed by atoms with Crippen LogP contribution in [-0.4, -0.2) is 30.5 Å². The molecule has 4 nitrogen and oxygen atoms in total. The minimum absolute atomic E-state index is 0. The second-order valence-electron chi connectivity index (χ2n) is 6.02. The number of halogens is 2. The van der Waals surface area contributed by atoms with Gasteiger partial charge in [0, 0.05) is 24.9 Å². The lowest BCUT2D eigenvalue weighted by molar-refractivity contribution is -0.120. The summed E-state index contributed by atoms with van der Waals surface area (Å²) in [5, 5.41) is 6.24. The van der Waals surface area contributed by atoms with Crippen molar-refractivity contribution < 1.29 is 4.79 Å². The number of rotatable bonds is 8. The van der Waals surface area contributed by atoms with E-state index in [0.717, 1.165) is 12.5 Å². The van der Waals surface area contributed by atoms with E-state index in [9.17, 15) is 4.79 Å².